The second-order valence-corrected chi connectivity index (χ2v) is 5.05. The van der Waals surface area contributed by atoms with Gasteiger partial charge in [0.25, 0.3) is 0 Å². The lowest BCUT2D eigenvalue weighted by atomic mass is 9.80. The number of carbonyl (C=O) groups is 1. The van der Waals surface area contributed by atoms with Crippen molar-refractivity contribution in [3.8, 4) is 0 Å². The molecule has 0 aromatic rings. The zero-order chi connectivity index (χ0) is 9.03. The van der Waals surface area contributed by atoms with E-state index >= 15 is 0 Å². The third kappa shape index (κ3) is 2.53. The van der Waals surface area contributed by atoms with E-state index in [2.05, 4.69) is 6.58 Å². The normalized spacial score (nSPS) is 21.8. The minimum atomic E-state index is -0.190. The van der Waals surface area contributed by atoms with Crippen molar-refractivity contribution in [2.24, 2.45) is 5.41 Å². The van der Waals surface area contributed by atoms with E-state index in [0.717, 1.165) is 30.6 Å². The van der Waals surface area contributed by atoms with Gasteiger partial charge in [-0.25, -0.2) is 0 Å². The summed E-state index contributed by atoms with van der Waals surface area (Å²) in [7, 11) is 0. The topological polar surface area (TPSA) is 17.1 Å². The third-order valence-electron chi connectivity index (χ3n) is 2.28. The highest BCUT2D eigenvalue weighted by Crippen LogP contribution is 2.38. The quantitative estimate of drug-likeness (QED) is 0.658. The minimum absolute atomic E-state index is 0.190. The van der Waals surface area contributed by atoms with E-state index in [1.165, 1.54) is 0 Å². The van der Waals surface area contributed by atoms with E-state index in [9.17, 15) is 4.79 Å². The Hall–Kier alpha value is 0.0500. The molecule has 0 aromatic heterocycles. The van der Waals surface area contributed by atoms with Gasteiger partial charge in [-0.15, -0.1) is 0 Å². The van der Waals surface area contributed by atoms with Crippen LogP contribution in [0.1, 0.15) is 19.3 Å². The second kappa shape index (κ2) is 4.33. The summed E-state index contributed by atoms with van der Waals surface area (Å²) in [5.74, 6) is 2.14. The SMILES string of the molecule is C=C(Cl)CC1(C=O)CCSCC1. The van der Waals surface area contributed by atoms with Gasteiger partial charge in [-0.2, -0.15) is 11.8 Å². The van der Waals surface area contributed by atoms with Crippen molar-refractivity contribution in [1.29, 1.82) is 0 Å². The lowest BCUT2D eigenvalue weighted by Gasteiger charge is -2.31. The Bertz CT molecular complexity index is 185. The van der Waals surface area contributed by atoms with Crippen LogP contribution in [-0.4, -0.2) is 17.8 Å². The van der Waals surface area contributed by atoms with Crippen LogP contribution in [0.25, 0.3) is 0 Å². The second-order valence-electron chi connectivity index (χ2n) is 3.29. The Balaban J connectivity index is 2.59. The van der Waals surface area contributed by atoms with Crippen LogP contribution in [0.2, 0.25) is 0 Å². The van der Waals surface area contributed by atoms with E-state index in [1.807, 2.05) is 11.8 Å². The first-order valence-corrected chi connectivity index (χ1v) is 5.59. The zero-order valence-corrected chi connectivity index (χ0v) is 8.59. The summed E-state index contributed by atoms with van der Waals surface area (Å²) in [5.41, 5.74) is -0.190. The van der Waals surface area contributed by atoms with Gasteiger partial charge in [0.05, 0.1) is 0 Å². The Morgan fingerprint density at radius 1 is 1.58 bits per heavy atom. The van der Waals surface area contributed by atoms with Gasteiger partial charge in [0.2, 0.25) is 0 Å². The highest BCUT2D eigenvalue weighted by Gasteiger charge is 2.32. The average molecular weight is 205 g/mol. The van der Waals surface area contributed by atoms with Gasteiger partial charge >= 0.3 is 0 Å². The number of allylic oxidation sites excluding steroid dienone is 1. The van der Waals surface area contributed by atoms with Crippen LogP contribution >= 0.6 is 23.4 Å². The molecule has 12 heavy (non-hydrogen) atoms. The minimum Gasteiger partial charge on any atom is -0.303 e. The van der Waals surface area contributed by atoms with E-state index < -0.39 is 0 Å². The number of hydrogen-bond acceptors (Lipinski definition) is 2. The van der Waals surface area contributed by atoms with Crippen LogP contribution in [-0.2, 0) is 4.79 Å². The first-order chi connectivity index (χ1) is 5.68. The summed E-state index contributed by atoms with van der Waals surface area (Å²) >= 11 is 7.63. The molecule has 1 fully saturated rings. The summed E-state index contributed by atoms with van der Waals surface area (Å²) in [6.07, 6.45) is 3.62. The number of aldehydes is 1. The van der Waals surface area contributed by atoms with Crippen molar-refractivity contribution < 1.29 is 4.79 Å². The molecule has 0 atom stereocenters. The molecule has 1 rings (SSSR count). The lowest BCUT2D eigenvalue weighted by molar-refractivity contribution is -0.116. The molecule has 0 saturated carbocycles. The molecule has 1 heterocycles. The van der Waals surface area contributed by atoms with Crippen LogP contribution < -0.4 is 0 Å². The highest BCUT2D eigenvalue weighted by molar-refractivity contribution is 7.99. The number of thioether (sulfide) groups is 1. The first kappa shape index (κ1) is 10.1. The molecule has 0 radical (unpaired) electrons. The van der Waals surface area contributed by atoms with E-state index in [-0.39, 0.29) is 5.41 Å². The maximum absolute atomic E-state index is 10.9. The van der Waals surface area contributed by atoms with Crippen molar-refractivity contribution in [3.05, 3.63) is 11.6 Å². The van der Waals surface area contributed by atoms with Gasteiger partial charge in [0.15, 0.2) is 0 Å². The van der Waals surface area contributed by atoms with Crippen molar-refractivity contribution in [2.45, 2.75) is 19.3 Å². The smallest absolute Gasteiger partial charge is 0.126 e. The Labute approximate surface area is 82.6 Å². The predicted molar refractivity (Wildman–Crippen MR) is 54.7 cm³/mol. The van der Waals surface area contributed by atoms with Crippen molar-refractivity contribution in [1.82, 2.24) is 0 Å². The van der Waals surface area contributed by atoms with Crippen LogP contribution in [0, 0.1) is 5.41 Å². The fraction of sp³-hybridized carbons (Fsp3) is 0.667. The van der Waals surface area contributed by atoms with E-state index in [0.29, 0.717) is 11.5 Å². The molecule has 3 heteroatoms. The molecule has 0 aromatic carbocycles. The molecule has 1 aliphatic heterocycles. The molecule has 0 amide bonds. The fourth-order valence-electron chi connectivity index (χ4n) is 1.50. The van der Waals surface area contributed by atoms with Crippen LogP contribution in [0.15, 0.2) is 11.6 Å². The maximum Gasteiger partial charge on any atom is 0.126 e. The Kier molecular flexibility index (Phi) is 3.66. The average Bonchev–Trinajstić information content (AvgIpc) is 2.05. The van der Waals surface area contributed by atoms with Crippen LogP contribution in [0.3, 0.4) is 0 Å². The van der Waals surface area contributed by atoms with Crippen molar-refractivity contribution in [2.75, 3.05) is 11.5 Å². The molecule has 68 valence electrons. The van der Waals surface area contributed by atoms with Gasteiger partial charge in [0.1, 0.15) is 6.29 Å². The molecule has 1 aliphatic rings. The van der Waals surface area contributed by atoms with Crippen molar-refractivity contribution in [3.63, 3.8) is 0 Å². The number of carbonyl (C=O) groups excluding carboxylic acids is 1. The molecule has 0 bridgehead atoms. The van der Waals surface area contributed by atoms with Crippen molar-refractivity contribution >= 4 is 29.6 Å². The standard InChI is InChI=1S/C9H13ClOS/c1-8(10)6-9(7-11)2-4-12-5-3-9/h7H,1-6H2. The maximum atomic E-state index is 10.9. The van der Waals surface area contributed by atoms with E-state index in [1.54, 1.807) is 0 Å². The number of hydrogen-bond donors (Lipinski definition) is 0. The lowest BCUT2D eigenvalue weighted by Crippen LogP contribution is -2.27. The first-order valence-electron chi connectivity index (χ1n) is 4.06. The summed E-state index contributed by atoms with van der Waals surface area (Å²) in [5, 5.41) is 0.606. The number of rotatable bonds is 3. The zero-order valence-electron chi connectivity index (χ0n) is 7.01. The summed E-state index contributed by atoms with van der Waals surface area (Å²) < 4.78 is 0. The summed E-state index contributed by atoms with van der Waals surface area (Å²) in [4.78, 5) is 10.9. The van der Waals surface area contributed by atoms with Crippen LogP contribution in [0.4, 0.5) is 0 Å². The molecule has 1 saturated heterocycles. The van der Waals surface area contributed by atoms with Gasteiger partial charge < -0.3 is 4.79 Å². The van der Waals surface area contributed by atoms with Gasteiger partial charge in [0, 0.05) is 10.4 Å². The van der Waals surface area contributed by atoms with Gasteiger partial charge in [-0.05, 0) is 30.8 Å². The molecule has 0 N–H and O–H groups in total. The molecular formula is C9H13ClOS. The molecule has 0 spiro atoms. The van der Waals surface area contributed by atoms with Gasteiger partial charge in [-0.1, -0.05) is 18.2 Å². The Morgan fingerprint density at radius 3 is 2.58 bits per heavy atom. The van der Waals surface area contributed by atoms with E-state index in [4.69, 9.17) is 11.6 Å². The number of halogens is 1. The monoisotopic (exact) mass is 204 g/mol. The molecule has 0 unspecified atom stereocenters. The Morgan fingerprint density at radius 2 is 2.17 bits per heavy atom. The third-order valence-corrected chi connectivity index (χ3v) is 3.40. The summed E-state index contributed by atoms with van der Waals surface area (Å²) in [6.45, 7) is 3.64. The van der Waals surface area contributed by atoms with Gasteiger partial charge in [-0.3, -0.25) is 0 Å². The fourth-order valence-corrected chi connectivity index (χ4v) is 3.07. The molecule has 1 nitrogen and oxygen atoms in total. The predicted octanol–water partition coefficient (Wildman–Crippen LogP) is 2.84. The molecule has 0 aliphatic carbocycles. The van der Waals surface area contributed by atoms with Crippen LogP contribution in [0.5, 0.6) is 0 Å². The highest BCUT2D eigenvalue weighted by atomic mass is 35.5. The summed E-state index contributed by atoms with van der Waals surface area (Å²) in [6, 6.07) is 0. The largest absolute Gasteiger partial charge is 0.303 e. The molecular weight excluding hydrogens is 192 g/mol.